The molecular formula is C19H22N4OS. The molecule has 1 aromatic carbocycles. The standard InChI is InChI=1S/C19H22N4OS/c1-14-13-25-18(20-14)12-22-8-5-9-23-16(11-22)10-17(21-23)19(24)15-6-3-2-4-7-15/h2-4,6-7,10,13,19,24H,5,8-9,11-12H2,1H3/t19-/m1/s1. The van der Waals surface area contributed by atoms with E-state index in [9.17, 15) is 5.11 Å². The molecule has 3 heterocycles. The van der Waals surface area contributed by atoms with Gasteiger partial charge < -0.3 is 5.11 Å². The zero-order valence-electron chi connectivity index (χ0n) is 14.3. The van der Waals surface area contributed by atoms with Gasteiger partial charge in [0.25, 0.3) is 0 Å². The van der Waals surface area contributed by atoms with Gasteiger partial charge in [-0.3, -0.25) is 9.58 Å². The number of aryl methyl sites for hydroxylation is 2. The van der Waals surface area contributed by atoms with E-state index in [4.69, 9.17) is 0 Å². The summed E-state index contributed by atoms with van der Waals surface area (Å²) in [7, 11) is 0. The number of nitrogens with zero attached hydrogens (tertiary/aromatic N) is 4. The molecule has 0 spiro atoms. The molecule has 0 bridgehead atoms. The third-order valence-corrected chi connectivity index (χ3v) is 5.48. The summed E-state index contributed by atoms with van der Waals surface area (Å²) in [5.41, 5.74) is 3.86. The topological polar surface area (TPSA) is 54.2 Å². The van der Waals surface area contributed by atoms with Crippen LogP contribution in [0.15, 0.2) is 41.8 Å². The Balaban J connectivity index is 1.52. The summed E-state index contributed by atoms with van der Waals surface area (Å²) in [6.07, 6.45) is 0.385. The summed E-state index contributed by atoms with van der Waals surface area (Å²) >= 11 is 1.72. The fourth-order valence-electron chi connectivity index (χ4n) is 3.29. The van der Waals surface area contributed by atoms with Gasteiger partial charge in [-0.2, -0.15) is 5.10 Å². The lowest BCUT2D eigenvalue weighted by Gasteiger charge is -2.17. The van der Waals surface area contributed by atoms with Crippen LogP contribution in [-0.2, 0) is 19.6 Å². The van der Waals surface area contributed by atoms with E-state index in [1.807, 2.05) is 43.3 Å². The molecule has 1 aliphatic heterocycles. The smallest absolute Gasteiger partial charge is 0.123 e. The van der Waals surface area contributed by atoms with Crippen LogP contribution in [0.1, 0.15) is 40.2 Å². The molecule has 1 N–H and O–H groups in total. The van der Waals surface area contributed by atoms with Crippen LogP contribution in [0.25, 0.3) is 0 Å². The first-order valence-electron chi connectivity index (χ1n) is 8.62. The number of aliphatic hydroxyl groups is 1. The molecule has 2 aromatic heterocycles. The highest BCUT2D eigenvalue weighted by molar-refractivity contribution is 7.09. The summed E-state index contributed by atoms with van der Waals surface area (Å²) in [4.78, 5) is 6.99. The van der Waals surface area contributed by atoms with E-state index in [0.717, 1.165) is 60.3 Å². The fourth-order valence-corrected chi connectivity index (χ4v) is 4.11. The van der Waals surface area contributed by atoms with Gasteiger partial charge in [0.2, 0.25) is 0 Å². The zero-order valence-corrected chi connectivity index (χ0v) is 15.1. The van der Waals surface area contributed by atoms with Crippen LogP contribution < -0.4 is 0 Å². The number of aromatic nitrogens is 3. The first-order chi connectivity index (χ1) is 12.2. The number of benzene rings is 1. The monoisotopic (exact) mass is 354 g/mol. The maximum Gasteiger partial charge on any atom is 0.123 e. The van der Waals surface area contributed by atoms with Crippen molar-refractivity contribution < 1.29 is 5.11 Å². The first kappa shape index (κ1) is 16.4. The Morgan fingerprint density at radius 2 is 2.08 bits per heavy atom. The molecule has 25 heavy (non-hydrogen) atoms. The number of aliphatic hydroxyl groups excluding tert-OH is 1. The molecule has 0 radical (unpaired) electrons. The van der Waals surface area contributed by atoms with Crippen molar-refractivity contribution in [3.05, 3.63) is 69.4 Å². The van der Waals surface area contributed by atoms with E-state index in [1.165, 1.54) is 0 Å². The molecule has 130 valence electrons. The van der Waals surface area contributed by atoms with Crippen LogP contribution >= 0.6 is 11.3 Å². The SMILES string of the molecule is Cc1csc(CN2CCCn3nc([C@H](O)c4ccccc4)cc3C2)n1. The van der Waals surface area contributed by atoms with Crippen molar-refractivity contribution in [3.63, 3.8) is 0 Å². The predicted molar refractivity (Wildman–Crippen MR) is 98.3 cm³/mol. The minimum Gasteiger partial charge on any atom is -0.382 e. The maximum atomic E-state index is 10.6. The molecule has 0 saturated heterocycles. The van der Waals surface area contributed by atoms with Crippen LogP contribution in [0.2, 0.25) is 0 Å². The van der Waals surface area contributed by atoms with E-state index >= 15 is 0 Å². The number of hydrogen-bond acceptors (Lipinski definition) is 5. The second-order valence-electron chi connectivity index (χ2n) is 6.54. The zero-order chi connectivity index (χ0) is 17.2. The Morgan fingerprint density at radius 1 is 1.24 bits per heavy atom. The van der Waals surface area contributed by atoms with Crippen molar-refractivity contribution in [2.45, 2.75) is 39.1 Å². The van der Waals surface area contributed by atoms with E-state index in [-0.39, 0.29) is 0 Å². The third-order valence-electron chi connectivity index (χ3n) is 4.53. The molecule has 0 amide bonds. The van der Waals surface area contributed by atoms with Gasteiger partial charge in [0.05, 0.1) is 17.9 Å². The van der Waals surface area contributed by atoms with Crippen molar-refractivity contribution >= 4 is 11.3 Å². The van der Waals surface area contributed by atoms with Gasteiger partial charge in [-0.15, -0.1) is 11.3 Å². The van der Waals surface area contributed by atoms with Crippen molar-refractivity contribution in [2.24, 2.45) is 0 Å². The van der Waals surface area contributed by atoms with Gasteiger partial charge in [-0.1, -0.05) is 30.3 Å². The Morgan fingerprint density at radius 3 is 2.84 bits per heavy atom. The number of thiazole rings is 1. The third kappa shape index (κ3) is 3.66. The van der Waals surface area contributed by atoms with Crippen LogP contribution in [-0.4, -0.2) is 31.3 Å². The molecule has 0 saturated carbocycles. The minimum absolute atomic E-state index is 0.671. The van der Waals surface area contributed by atoms with Crippen molar-refractivity contribution in [3.8, 4) is 0 Å². The summed E-state index contributed by atoms with van der Waals surface area (Å²) in [6.45, 7) is 5.69. The van der Waals surface area contributed by atoms with E-state index in [2.05, 4.69) is 25.0 Å². The molecule has 1 atom stereocenters. The normalized spacial score (nSPS) is 16.4. The number of hydrogen-bond donors (Lipinski definition) is 1. The Kier molecular flexibility index (Phi) is 4.65. The number of rotatable bonds is 4. The predicted octanol–water partition coefficient (Wildman–Crippen LogP) is 3.14. The molecule has 4 rings (SSSR count). The van der Waals surface area contributed by atoms with E-state index in [1.54, 1.807) is 11.3 Å². The summed E-state index contributed by atoms with van der Waals surface area (Å²) in [5, 5.41) is 18.5. The van der Waals surface area contributed by atoms with Gasteiger partial charge >= 0.3 is 0 Å². The van der Waals surface area contributed by atoms with Crippen molar-refractivity contribution in [1.29, 1.82) is 0 Å². The van der Waals surface area contributed by atoms with Crippen LogP contribution in [0, 0.1) is 6.92 Å². The number of fused-ring (bicyclic) bond motifs is 1. The molecule has 3 aromatic rings. The van der Waals surface area contributed by atoms with Crippen LogP contribution in [0.3, 0.4) is 0 Å². The second-order valence-corrected chi connectivity index (χ2v) is 7.49. The van der Waals surface area contributed by atoms with Crippen LogP contribution in [0.5, 0.6) is 0 Å². The summed E-state index contributed by atoms with van der Waals surface area (Å²) in [6, 6.07) is 11.8. The van der Waals surface area contributed by atoms with E-state index in [0.29, 0.717) is 0 Å². The quantitative estimate of drug-likeness (QED) is 0.782. The van der Waals surface area contributed by atoms with Gasteiger partial charge in [0.1, 0.15) is 11.1 Å². The lowest BCUT2D eigenvalue weighted by Crippen LogP contribution is -2.22. The molecule has 6 heteroatoms. The Bertz CT molecular complexity index is 842. The Hall–Kier alpha value is -2.02. The molecule has 5 nitrogen and oxygen atoms in total. The minimum atomic E-state index is -0.671. The average Bonchev–Trinajstić information content (AvgIpc) is 3.16. The lowest BCUT2D eigenvalue weighted by atomic mass is 10.1. The average molecular weight is 354 g/mol. The molecule has 1 aliphatic rings. The van der Waals surface area contributed by atoms with Crippen molar-refractivity contribution in [2.75, 3.05) is 6.54 Å². The highest BCUT2D eigenvalue weighted by atomic mass is 32.1. The fraction of sp³-hybridized carbons (Fsp3) is 0.368. The highest BCUT2D eigenvalue weighted by Crippen LogP contribution is 2.24. The summed E-state index contributed by atoms with van der Waals surface area (Å²) < 4.78 is 2.05. The molecule has 0 unspecified atom stereocenters. The lowest BCUT2D eigenvalue weighted by molar-refractivity contribution is 0.213. The van der Waals surface area contributed by atoms with Gasteiger partial charge in [0, 0.05) is 30.7 Å². The molecular weight excluding hydrogens is 332 g/mol. The molecule has 0 aliphatic carbocycles. The van der Waals surface area contributed by atoms with Gasteiger partial charge in [-0.25, -0.2) is 4.98 Å². The van der Waals surface area contributed by atoms with Gasteiger partial charge in [0.15, 0.2) is 0 Å². The second kappa shape index (κ2) is 7.07. The molecule has 0 fully saturated rings. The highest BCUT2D eigenvalue weighted by Gasteiger charge is 2.21. The largest absolute Gasteiger partial charge is 0.382 e. The van der Waals surface area contributed by atoms with Crippen LogP contribution in [0.4, 0.5) is 0 Å². The van der Waals surface area contributed by atoms with E-state index < -0.39 is 6.10 Å². The van der Waals surface area contributed by atoms with Gasteiger partial charge in [-0.05, 0) is 25.0 Å². The van der Waals surface area contributed by atoms with Crippen molar-refractivity contribution in [1.82, 2.24) is 19.7 Å². The first-order valence-corrected chi connectivity index (χ1v) is 9.50. The maximum absolute atomic E-state index is 10.6. The Labute approximate surface area is 151 Å². The summed E-state index contributed by atoms with van der Waals surface area (Å²) in [5.74, 6) is 0.